The first-order valence-electron chi connectivity index (χ1n) is 13.4. The Morgan fingerprint density at radius 1 is 0.700 bits per heavy atom. The van der Waals surface area contributed by atoms with Gasteiger partial charge in [-0.1, -0.05) is 101 Å². The average Bonchev–Trinajstić information content (AvgIpc) is 2.78. The van der Waals surface area contributed by atoms with E-state index >= 15 is 0 Å². The molecular formula is C30H40BCoF4N2O2. The maximum atomic E-state index is 12.7. The molecule has 0 N–H and O–H groups in total. The topological polar surface area (TPSA) is 70.8 Å². The Hall–Kier alpha value is -2.33. The zero-order chi connectivity index (χ0) is 29.8. The van der Waals surface area contributed by atoms with Crippen molar-refractivity contribution in [3.05, 3.63) is 57.6 Å². The quantitative estimate of drug-likeness (QED) is 0.210. The standard InChI is InChI=1S/C30H42N2O2.BF4.Co/c1-19-13-23(29(3,4)5)15-21(27(19)33)17-31-25-11-9-10-12-26(25)32-18-22-16-24(30(6,7)8)14-20(2)28(22)34;2-1(3,4)5;/h13-18,25-26,33-34H,9-12H2,1-8H3;;/q;-1;+3/p-2/t25-,26-;;/m0../s1. The first-order valence-corrected chi connectivity index (χ1v) is 13.4. The van der Waals surface area contributed by atoms with E-state index in [0.717, 1.165) is 47.9 Å². The maximum absolute atomic E-state index is 12.7. The van der Waals surface area contributed by atoms with Gasteiger partial charge >= 0.3 is 24.0 Å². The van der Waals surface area contributed by atoms with Crippen molar-refractivity contribution >= 4 is 19.7 Å². The maximum Gasteiger partial charge on any atom is 3.00 e. The molecule has 1 fully saturated rings. The summed E-state index contributed by atoms with van der Waals surface area (Å²) in [4.78, 5) is 9.70. The molecule has 2 aromatic carbocycles. The van der Waals surface area contributed by atoms with Crippen LogP contribution in [0, 0.1) is 13.8 Å². The molecule has 40 heavy (non-hydrogen) atoms. The number of benzene rings is 2. The number of hydrogen-bond donors (Lipinski definition) is 0. The minimum absolute atomic E-state index is 0. The SMILES string of the molecule is Cc1cc(C(C)(C)C)cc(C=N[C@H]2CCCC[C@@H]2N=Cc2cc(C(C)(C)C)cc(C)c2[O-])c1[O-].F[B-](F)(F)F.[Co+3]. The number of halogens is 4. The van der Waals surface area contributed by atoms with Crippen molar-refractivity contribution in [1.29, 1.82) is 0 Å². The zero-order valence-electron chi connectivity index (χ0n) is 24.6. The van der Waals surface area contributed by atoms with Crippen molar-refractivity contribution in [3.8, 4) is 11.5 Å². The van der Waals surface area contributed by atoms with Gasteiger partial charge in [0.1, 0.15) is 0 Å². The van der Waals surface area contributed by atoms with Crippen LogP contribution in [0.5, 0.6) is 11.5 Å². The fraction of sp³-hybridized carbons (Fsp3) is 0.533. The molecule has 0 amide bonds. The van der Waals surface area contributed by atoms with Gasteiger partial charge in [0.15, 0.2) is 0 Å². The number of aryl methyl sites for hydroxylation is 2. The molecular weight excluding hydrogens is 566 g/mol. The summed E-state index contributed by atoms with van der Waals surface area (Å²) in [6, 6.07) is 7.97. The molecule has 1 aliphatic rings. The molecule has 0 unspecified atom stereocenters. The molecule has 2 atom stereocenters. The summed E-state index contributed by atoms with van der Waals surface area (Å²) in [5.41, 5.74) is 5.02. The fourth-order valence-electron chi connectivity index (χ4n) is 4.45. The van der Waals surface area contributed by atoms with Crippen LogP contribution in [-0.2, 0) is 27.6 Å². The summed E-state index contributed by atoms with van der Waals surface area (Å²) >= 11 is 0. The van der Waals surface area contributed by atoms with Gasteiger partial charge in [0.05, 0.1) is 12.1 Å². The van der Waals surface area contributed by atoms with Crippen molar-refractivity contribution < 1.29 is 44.3 Å². The van der Waals surface area contributed by atoms with Gasteiger partial charge < -0.3 is 27.5 Å². The third kappa shape index (κ3) is 10.9. The Kier molecular flexibility index (Phi) is 12.5. The van der Waals surface area contributed by atoms with Crippen LogP contribution in [-0.4, -0.2) is 31.8 Å². The van der Waals surface area contributed by atoms with E-state index in [4.69, 9.17) is 9.98 Å². The Morgan fingerprint density at radius 2 is 1.00 bits per heavy atom. The third-order valence-corrected chi connectivity index (χ3v) is 6.84. The van der Waals surface area contributed by atoms with E-state index in [2.05, 4.69) is 41.5 Å². The van der Waals surface area contributed by atoms with Crippen LogP contribution in [0.4, 0.5) is 17.3 Å². The van der Waals surface area contributed by atoms with E-state index in [-0.39, 0.29) is 51.2 Å². The van der Waals surface area contributed by atoms with E-state index < -0.39 is 7.25 Å². The van der Waals surface area contributed by atoms with Gasteiger partial charge in [-0.05, 0) is 59.8 Å². The van der Waals surface area contributed by atoms with Crippen LogP contribution in [0.3, 0.4) is 0 Å². The molecule has 0 saturated heterocycles. The van der Waals surface area contributed by atoms with Crippen molar-refractivity contribution in [2.24, 2.45) is 9.98 Å². The molecule has 2 aromatic rings. The number of nitrogens with zero attached hydrogens (tertiary/aromatic N) is 2. The van der Waals surface area contributed by atoms with E-state index in [1.165, 1.54) is 0 Å². The van der Waals surface area contributed by atoms with Crippen LogP contribution in [0.1, 0.15) is 101 Å². The van der Waals surface area contributed by atoms with Crippen LogP contribution in [0.2, 0.25) is 0 Å². The fourth-order valence-corrected chi connectivity index (χ4v) is 4.45. The Morgan fingerprint density at radius 3 is 1.27 bits per heavy atom. The van der Waals surface area contributed by atoms with Crippen LogP contribution >= 0.6 is 0 Å². The van der Waals surface area contributed by atoms with Gasteiger partial charge in [0, 0.05) is 12.4 Å². The Labute approximate surface area is 246 Å². The first kappa shape index (κ1) is 35.7. The molecule has 4 nitrogen and oxygen atoms in total. The second-order valence-electron chi connectivity index (χ2n) is 12.4. The normalized spacial score (nSPS) is 18.4. The minimum Gasteiger partial charge on any atom is -0.872 e. The van der Waals surface area contributed by atoms with Gasteiger partial charge in [-0.25, -0.2) is 0 Å². The zero-order valence-corrected chi connectivity index (χ0v) is 25.6. The van der Waals surface area contributed by atoms with Crippen LogP contribution in [0.15, 0.2) is 34.3 Å². The first-order chi connectivity index (χ1) is 17.8. The van der Waals surface area contributed by atoms with Gasteiger partial charge in [-0.15, -0.1) is 0 Å². The molecule has 222 valence electrons. The molecule has 1 aliphatic carbocycles. The molecule has 0 aliphatic heterocycles. The van der Waals surface area contributed by atoms with Gasteiger partial charge in [-0.3, -0.25) is 9.98 Å². The molecule has 0 radical (unpaired) electrons. The summed E-state index contributed by atoms with van der Waals surface area (Å²) in [6.45, 7) is 16.7. The van der Waals surface area contributed by atoms with Crippen molar-refractivity contribution in [2.75, 3.05) is 0 Å². The van der Waals surface area contributed by atoms with Crippen LogP contribution < -0.4 is 10.2 Å². The molecule has 10 heteroatoms. The molecule has 0 spiro atoms. The predicted octanol–water partition coefficient (Wildman–Crippen LogP) is 7.19. The smallest absolute Gasteiger partial charge is 0.872 e. The summed E-state index contributed by atoms with van der Waals surface area (Å²) in [5.74, 6) is 0.0798. The largest absolute Gasteiger partial charge is 3.00 e. The van der Waals surface area contributed by atoms with Gasteiger partial charge in [0.2, 0.25) is 0 Å². The monoisotopic (exact) mass is 606 g/mol. The van der Waals surface area contributed by atoms with Gasteiger partial charge in [0.25, 0.3) is 0 Å². The summed E-state index contributed by atoms with van der Waals surface area (Å²) in [5, 5.41) is 25.5. The number of aliphatic imine (C=N–C) groups is 2. The van der Waals surface area contributed by atoms with E-state index in [9.17, 15) is 27.5 Å². The number of rotatable bonds is 4. The Bertz CT molecular complexity index is 1110. The molecule has 0 bridgehead atoms. The van der Waals surface area contributed by atoms with Crippen molar-refractivity contribution in [2.45, 2.75) is 104 Å². The second kappa shape index (κ2) is 14.0. The van der Waals surface area contributed by atoms with E-state index in [0.29, 0.717) is 11.1 Å². The van der Waals surface area contributed by atoms with Gasteiger partial charge in [-0.2, -0.15) is 0 Å². The van der Waals surface area contributed by atoms with Crippen LogP contribution in [0.25, 0.3) is 0 Å². The second-order valence-corrected chi connectivity index (χ2v) is 12.4. The summed E-state index contributed by atoms with van der Waals surface area (Å²) < 4.78 is 39.0. The number of hydrogen-bond acceptors (Lipinski definition) is 4. The van der Waals surface area contributed by atoms with E-state index in [1.807, 2.05) is 38.1 Å². The molecule has 0 heterocycles. The average molecular weight is 606 g/mol. The summed E-state index contributed by atoms with van der Waals surface area (Å²) in [7, 11) is -6.00. The van der Waals surface area contributed by atoms with Crippen molar-refractivity contribution in [3.63, 3.8) is 0 Å². The minimum atomic E-state index is -6.00. The molecule has 0 aromatic heterocycles. The predicted molar refractivity (Wildman–Crippen MR) is 150 cm³/mol. The molecule has 3 rings (SSSR count). The third-order valence-electron chi connectivity index (χ3n) is 6.84. The summed E-state index contributed by atoms with van der Waals surface area (Å²) in [6.07, 6.45) is 7.60. The van der Waals surface area contributed by atoms with E-state index in [1.54, 1.807) is 12.4 Å². The van der Waals surface area contributed by atoms with Crippen molar-refractivity contribution in [1.82, 2.24) is 0 Å². The molecule has 1 saturated carbocycles. The Balaban J connectivity index is 0.00000122.